The molecular weight excluding hydrogens is 656 g/mol. The molecule has 0 aliphatic carbocycles. The third-order valence-electron chi connectivity index (χ3n) is 10.0. The molecule has 274 valence electrons. The zero-order valence-electron chi connectivity index (χ0n) is 31.3. The predicted octanol–water partition coefficient (Wildman–Crippen LogP) is 6.58. The summed E-state index contributed by atoms with van der Waals surface area (Å²) in [7, 11) is 5.14. The number of rotatable bonds is 11. The van der Waals surface area contributed by atoms with Gasteiger partial charge in [-0.2, -0.15) is 0 Å². The van der Waals surface area contributed by atoms with Gasteiger partial charge in [0.1, 0.15) is 17.7 Å². The molecule has 3 heterocycles. The van der Waals surface area contributed by atoms with Crippen LogP contribution in [0.5, 0.6) is 0 Å². The first-order valence-corrected chi connectivity index (χ1v) is 18.1. The Morgan fingerprint density at radius 1 is 0.808 bits per heavy atom. The van der Waals surface area contributed by atoms with Gasteiger partial charge in [-0.3, -0.25) is 14.5 Å². The fourth-order valence-corrected chi connectivity index (χ4v) is 7.33. The van der Waals surface area contributed by atoms with Crippen LogP contribution >= 0.6 is 0 Å². The first-order chi connectivity index (χ1) is 24.8. The summed E-state index contributed by atoms with van der Waals surface area (Å²) in [6.07, 6.45) is 1.03. The van der Waals surface area contributed by atoms with Gasteiger partial charge in [0.15, 0.2) is 0 Å². The summed E-state index contributed by atoms with van der Waals surface area (Å²) in [4.78, 5) is 58.9. The third kappa shape index (κ3) is 7.52. The van der Waals surface area contributed by atoms with Gasteiger partial charge in [-0.15, -0.1) is 0 Å². The van der Waals surface area contributed by atoms with E-state index in [9.17, 15) is 14.4 Å². The standard InChI is InChI=1S/C40H50N8O4/c1-22(2)34(46-40(51)52-8)39(50)48-19-9-10-33(48)37-43-30-18-16-28(21-32(30)45-37)26-13-11-25(12-14-26)27-15-17-29-31(20-27)44-36(42-29)24(5)41-38(49)35(23(3)4)47(6)7/h11-18,20-24,33-35H,9-10,19H2,1-8H3,(H,41,49)(H,42,44)(H,43,45)(H,46,51). The topological polar surface area (TPSA) is 148 Å². The molecule has 4 N–H and O–H groups in total. The summed E-state index contributed by atoms with van der Waals surface area (Å²) >= 11 is 0. The Morgan fingerprint density at radius 3 is 1.94 bits per heavy atom. The van der Waals surface area contributed by atoms with Gasteiger partial charge in [0.05, 0.1) is 47.3 Å². The number of nitrogens with one attached hydrogen (secondary N) is 4. The normalized spacial score (nSPS) is 16.5. The largest absolute Gasteiger partial charge is 0.453 e. The van der Waals surface area contributed by atoms with Crippen LogP contribution in [0.15, 0.2) is 60.7 Å². The van der Waals surface area contributed by atoms with E-state index < -0.39 is 12.1 Å². The zero-order chi connectivity index (χ0) is 37.3. The number of likely N-dealkylation sites (N-methyl/N-ethyl adjacent to an activating group) is 1. The lowest BCUT2D eigenvalue weighted by Crippen LogP contribution is -2.51. The second kappa shape index (κ2) is 15.2. The maximum Gasteiger partial charge on any atom is 0.407 e. The lowest BCUT2D eigenvalue weighted by atomic mass is 10.00. The minimum atomic E-state index is -0.681. The number of carbonyl (C=O) groups is 3. The number of carbonyl (C=O) groups excluding carboxylic acids is 3. The molecule has 1 aliphatic heterocycles. The molecule has 1 fully saturated rings. The van der Waals surface area contributed by atoms with Crippen LogP contribution in [-0.4, -0.2) is 87.5 Å². The van der Waals surface area contributed by atoms with Crippen molar-refractivity contribution >= 4 is 40.0 Å². The Morgan fingerprint density at radius 2 is 1.38 bits per heavy atom. The van der Waals surface area contributed by atoms with Crippen molar-refractivity contribution in [3.05, 3.63) is 72.3 Å². The molecule has 3 aromatic carbocycles. The number of aromatic nitrogens is 4. The summed E-state index contributed by atoms with van der Waals surface area (Å²) in [6.45, 7) is 10.5. The Labute approximate surface area is 304 Å². The molecular formula is C40H50N8O4. The minimum absolute atomic E-state index is 0.0144. The van der Waals surface area contributed by atoms with Gasteiger partial charge in [0.2, 0.25) is 11.8 Å². The first kappa shape index (κ1) is 36.6. The third-order valence-corrected chi connectivity index (χ3v) is 10.0. The smallest absolute Gasteiger partial charge is 0.407 e. The van der Waals surface area contributed by atoms with Crippen LogP contribution in [0.4, 0.5) is 4.79 Å². The summed E-state index contributed by atoms with van der Waals surface area (Å²) in [5.41, 5.74) is 7.75. The second-order valence-electron chi connectivity index (χ2n) is 14.7. The van der Waals surface area contributed by atoms with Gasteiger partial charge in [0, 0.05) is 6.54 Å². The Hall–Kier alpha value is -5.23. The van der Waals surface area contributed by atoms with Crippen molar-refractivity contribution in [1.82, 2.24) is 40.4 Å². The number of nitrogens with zero attached hydrogens (tertiary/aromatic N) is 4. The summed E-state index contributed by atoms with van der Waals surface area (Å²) in [5.74, 6) is 1.41. The zero-order valence-corrected chi connectivity index (χ0v) is 31.3. The molecule has 0 bridgehead atoms. The molecule has 4 atom stereocenters. The molecule has 1 saturated heterocycles. The van der Waals surface area contributed by atoms with Crippen molar-refractivity contribution in [2.75, 3.05) is 27.7 Å². The van der Waals surface area contributed by atoms with E-state index in [1.807, 2.05) is 70.6 Å². The van der Waals surface area contributed by atoms with E-state index in [0.29, 0.717) is 6.54 Å². The van der Waals surface area contributed by atoms with Gasteiger partial charge in [-0.25, -0.2) is 14.8 Å². The summed E-state index contributed by atoms with van der Waals surface area (Å²) in [6, 6.07) is 19.4. The second-order valence-corrected chi connectivity index (χ2v) is 14.7. The van der Waals surface area contributed by atoms with Crippen LogP contribution in [0.3, 0.4) is 0 Å². The number of benzene rings is 3. The molecule has 0 spiro atoms. The maximum atomic E-state index is 13.6. The highest BCUT2D eigenvalue weighted by molar-refractivity contribution is 5.88. The Bertz CT molecular complexity index is 2060. The number of likely N-dealkylation sites (tertiary alicyclic amines) is 1. The molecule has 0 radical (unpaired) electrons. The van der Waals surface area contributed by atoms with Crippen LogP contribution in [0, 0.1) is 11.8 Å². The summed E-state index contributed by atoms with van der Waals surface area (Å²) < 4.78 is 4.77. The Balaban J connectivity index is 1.17. The van der Waals surface area contributed by atoms with Crippen LogP contribution in [0.1, 0.15) is 71.2 Å². The first-order valence-electron chi connectivity index (χ1n) is 18.1. The van der Waals surface area contributed by atoms with Crippen molar-refractivity contribution in [3.8, 4) is 22.3 Å². The lowest BCUT2D eigenvalue weighted by Gasteiger charge is -2.29. The van der Waals surface area contributed by atoms with Gasteiger partial charge in [-0.05, 0) is 92.2 Å². The SMILES string of the molecule is COC(=O)NC(C(=O)N1CCCC1c1nc2ccc(-c3ccc(-c4ccc5nc(C(C)NC(=O)C(C(C)C)N(C)C)[nH]c5c4)cc3)cc2[nH]1)C(C)C. The molecule has 5 aromatic rings. The number of amides is 3. The van der Waals surface area contributed by atoms with E-state index in [4.69, 9.17) is 14.7 Å². The van der Waals surface area contributed by atoms with E-state index in [2.05, 4.69) is 69.1 Å². The predicted molar refractivity (Wildman–Crippen MR) is 203 cm³/mol. The van der Waals surface area contributed by atoms with Gasteiger partial charge < -0.3 is 30.2 Å². The van der Waals surface area contributed by atoms with Crippen molar-refractivity contribution in [2.24, 2.45) is 11.8 Å². The number of ether oxygens (including phenoxy) is 1. The van der Waals surface area contributed by atoms with Crippen LogP contribution in [0.2, 0.25) is 0 Å². The molecule has 0 saturated carbocycles. The molecule has 3 amide bonds. The number of alkyl carbamates (subject to hydrolysis) is 1. The van der Waals surface area contributed by atoms with E-state index in [-0.39, 0.29) is 41.8 Å². The van der Waals surface area contributed by atoms with Crippen molar-refractivity contribution in [2.45, 2.75) is 71.6 Å². The van der Waals surface area contributed by atoms with Gasteiger partial charge in [-0.1, -0.05) is 64.1 Å². The minimum Gasteiger partial charge on any atom is -0.453 e. The fraction of sp³-hybridized carbons (Fsp3) is 0.425. The molecule has 12 heteroatoms. The fourth-order valence-electron chi connectivity index (χ4n) is 7.33. The number of methoxy groups -OCH3 is 1. The van der Waals surface area contributed by atoms with E-state index in [1.165, 1.54) is 7.11 Å². The quantitative estimate of drug-likeness (QED) is 0.121. The highest BCUT2D eigenvalue weighted by atomic mass is 16.5. The van der Waals surface area contributed by atoms with Crippen molar-refractivity contribution < 1.29 is 19.1 Å². The van der Waals surface area contributed by atoms with Crippen LogP contribution in [0.25, 0.3) is 44.3 Å². The lowest BCUT2D eigenvalue weighted by molar-refractivity contribution is -0.135. The van der Waals surface area contributed by atoms with Crippen LogP contribution < -0.4 is 10.6 Å². The highest BCUT2D eigenvalue weighted by Gasteiger charge is 2.37. The molecule has 12 nitrogen and oxygen atoms in total. The van der Waals surface area contributed by atoms with E-state index in [1.54, 1.807) is 0 Å². The number of hydrogen-bond acceptors (Lipinski definition) is 7. The maximum absolute atomic E-state index is 13.6. The van der Waals surface area contributed by atoms with E-state index in [0.717, 1.165) is 68.8 Å². The molecule has 6 rings (SSSR count). The molecule has 4 unspecified atom stereocenters. The van der Waals surface area contributed by atoms with Crippen LogP contribution in [-0.2, 0) is 14.3 Å². The number of fused-ring (bicyclic) bond motifs is 2. The monoisotopic (exact) mass is 706 g/mol. The molecule has 2 aromatic heterocycles. The average molecular weight is 707 g/mol. The number of aromatic amines is 2. The van der Waals surface area contributed by atoms with Gasteiger partial charge in [0.25, 0.3) is 0 Å². The molecule has 1 aliphatic rings. The highest BCUT2D eigenvalue weighted by Crippen LogP contribution is 2.34. The van der Waals surface area contributed by atoms with Crippen molar-refractivity contribution in [1.29, 1.82) is 0 Å². The number of hydrogen-bond donors (Lipinski definition) is 4. The molecule has 52 heavy (non-hydrogen) atoms. The van der Waals surface area contributed by atoms with E-state index >= 15 is 0 Å². The number of H-pyrrole nitrogens is 2. The summed E-state index contributed by atoms with van der Waals surface area (Å²) in [5, 5.41) is 5.83. The number of imidazole rings is 2. The Kier molecular flexibility index (Phi) is 10.7. The van der Waals surface area contributed by atoms with Gasteiger partial charge >= 0.3 is 6.09 Å². The van der Waals surface area contributed by atoms with Crippen molar-refractivity contribution in [3.63, 3.8) is 0 Å². The average Bonchev–Trinajstić information content (AvgIpc) is 3.87.